The van der Waals surface area contributed by atoms with Crippen LogP contribution in [0.5, 0.6) is 0 Å². The van der Waals surface area contributed by atoms with Crippen LogP contribution < -0.4 is 15.5 Å². The molecule has 134 valence electrons. The number of thiophene rings is 1. The maximum atomic E-state index is 12.5. The van der Waals surface area contributed by atoms with Crippen molar-refractivity contribution in [3.8, 4) is 0 Å². The van der Waals surface area contributed by atoms with Crippen LogP contribution in [0.1, 0.15) is 29.7 Å². The van der Waals surface area contributed by atoms with Crippen molar-refractivity contribution >= 4 is 33.3 Å². The molecule has 0 aromatic carbocycles. The van der Waals surface area contributed by atoms with Crippen molar-refractivity contribution in [1.82, 2.24) is 20.6 Å². The Morgan fingerprint density at radius 3 is 2.80 bits per heavy atom. The van der Waals surface area contributed by atoms with E-state index in [0.717, 1.165) is 56.1 Å². The summed E-state index contributed by atoms with van der Waals surface area (Å²) < 4.78 is 0. The average Bonchev–Trinajstić information content (AvgIpc) is 3.23. The molecule has 0 bridgehead atoms. The largest absolute Gasteiger partial charge is 0.356 e. The number of nitrogens with one attached hydrogen (secondary N) is 2. The summed E-state index contributed by atoms with van der Waals surface area (Å²) in [5, 5.41) is 7.68. The first-order chi connectivity index (χ1) is 12.1. The van der Waals surface area contributed by atoms with Crippen LogP contribution in [0.3, 0.4) is 0 Å². The zero-order valence-corrected chi connectivity index (χ0v) is 15.7. The molecule has 2 fully saturated rings. The number of nitrogens with zero attached hydrogens (tertiary/aromatic N) is 3. The van der Waals surface area contributed by atoms with Gasteiger partial charge in [0, 0.05) is 36.5 Å². The molecular weight excluding hydrogens is 334 g/mol. The number of aromatic nitrogens is 2. The fourth-order valence-electron chi connectivity index (χ4n) is 3.85. The summed E-state index contributed by atoms with van der Waals surface area (Å²) in [6.07, 6.45) is 4.48. The van der Waals surface area contributed by atoms with Crippen LogP contribution in [0.2, 0.25) is 0 Å². The molecule has 6 nitrogen and oxygen atoms in total. The van der Waals surface area contributed by atoms with Crippen molar-refractivity contribution in [2.24, 2.45) is 5.92 Å². The lowest BCUT2D eigenvalue weighted by Crippen LogP contribution is -2.44. The van der Waals surface area contributed by atoms with Gasteiger partial charge in [0.25, 0.3) is 0 Å². The van der Waals surface area contributed by atoms with E-state index < -0.39 is 0 Å². The molecule has 2 aromatic heterocycles. The molecule has 2 saturated heterocycles. The van der Waals surface area contributed by atoms with Crippen LogP contribution in [0.4, 0.5) is 5.82 Å². The standard InChI is InChI=1S/C18H25N5OS/c1-11-12(2)25-18-15(11)16(20-10-21-18)23-7-4-13(5-8-23)17(24)22-14-3-6-19-9-14/h10,13-14,19H,3-9H2,1-2H3,(H,22,24). The van der Waals surface area contributed by atoms with E-state index in [-0.39, 0.29) is 11.8 Å². The van der Waals surface area contributed by atoms with Gasteiger partial charge in [0.1, 0.15) is 17.0 Å². The lowest BCUT2D eigenvalue weighted by molar-refractivity contribution is -0.126. The summed E-state index contributed by atoms with van der Waals surface area (Å²) in [6, 6.07) is 0.309. The molecule has 4 heterocycles. The van der Waals surface area contributed by atoms with E-state index in [1.807, 2.05) is 0 Å². The Balaban J connectivity index is 1.44. The third-order valence-electron chi connectivity index (χ3n) is 5.52. The molecule has 4 rings (SSSR count). The van der Waals surface area contributed by atoms with Gasteiger partial charge in [-0.15, -0.1) is 11.3 Å². The number of anilines is 1. The predicted molar refractivity (Wildman–Crippen MR) is 101 cm³/mol. The van der Waals surface area contributed by atoms with Crippen molar-refractivity contribution in [3.63, 3.8) is 0 Å². The van der Waals surface area contributed by atoms with E-state index in [1.165, 1.54) is 15.8 Å². The number of rotatable bonds is 3. The third-order valence-corrected chi connectivity index (χ3v) is 6.63. The SMILES string of the molecule is Cc1sc2ncnc(N3CCC(C(=O)NC4CCNC4)CC3)c2c1C. The van der Waals surface area contributed by atoms with Crippen molar-refractivity contribution in [2.45, 2.75) is 39.2 Å². The lowest BCUT2D eigenvalue weighted by Gasteiger charge is -2.33. The maximum absolute atomic E-state index is 12.5. The van der Waals surface area contributed by atoms with Gasteiger partial charge >= 0.3 is 0 Å². The van der Waals surface area contributed by atoms with Crippen LogP contribution >= 0.6 is 11.3 Å². The number of fused-ring (bicyclic) bond motifs is 1. The zero-order chi connectivity index (χ0) is 17.4. The van der Waals surface area contributed by atoms with Crippen LogP contribution in [-0.4, -0.2) is 48.1 Å². The second kappa shape index (κ2) is 6.88. The van der Waals surface area contributed by atoms with Crippen molar-refractivity contribution in [2.75, 3.05) is 31.1 Å². The first-order valence-corrected chi connectivity index (χ1v) is 9.92. The van der Waals surface area contributed by atoms with Crippen LogP contribution in [0.15, 0.2) is 6.33 Å². The quantitative estimate of drug-likeness (QED) is 0.877. The monoisotopic (exact) mass is 359 g/mol. The first kappa shape index (κ1) is 16.7. The molecule has 0 aliphatic carbocycles. The fourth-order valence-corrected chi connectivity index (χ4v) is 4.85. The second-order valence-electron chi connectivity index (χ2n) is 7.12. The maximum Gasteiger partial charge on any atom is 0.223 e. The highest BCUT2D eigenvalue weighted by atomic mass is 32.1. The fraction of sp³-hybridized carbons (Fsp3) is 0.611. The molecule has 2 aromatic rings. The van der Waals surface area contributed by atoms with Crippen LogP contribution in [0.25, 0.3) is 10.2 Å². The summed E-state index contributed by atoms with van der Waals surface area (Å²) in [6.45, 7) is 7.95. The van der Waals surface area contributed by atoms with Crippen LogP contribution in [0, 0.1) is 19.8 Å². The van der Waals surface area contributed by atoms with Gasteiger partial charge in [-0.2, -0.15) is 0 Å². The summed E-state index contributed by atoms with van der Waals surface area (Å²) in [4.78, 5) is 26.2. The highest BCUT2D eigenvalue weighted by Crippen LogP contribution is 2.35. The van der Waals surface area contributed by atoms with E-state index in [0.29, 0.717) is 6.04 Å². The Bertz CT molecular complexity index is 775. The minimum Gasteiger partial charge on any atom is -0.356 e. The Labute approximate surface area is 152 Å². The highest BCUT2D eigenvalue weighted by Gasteiger charge is 2.29. The molecule has 0 saturated carbocycles. The summed E-state index contributed by atoms with van der Waals surface area (Å²) in [5.41, 5.74) is 1.28. The molecule has 1 unspecified atom stereocenters. The van der Waals surface area contributed by atoms with E-state index in [1.54, 1.807) is 17.7 Å². The Kier molecular flexibility index (Phi) is 4.60. The summed E-state index contributed by atoms with van der Waals surface area (Å²) in [7, 11) is 0. The summed E-state index contributed by atoms with van der Waals surface area (Å²) in [5.74, 6) is 1.38. The number of hydrogen-bond donors (Lipinski definition) is 2. The van der Waals surface area contributed by atoms with Gasteiger partial charge < -0.3 is 15.5 Å². The molecule has 1 amide bonds. The first-order valence-electron chi connectivity index (χ1n) is 9.10. The Hall–Kier alpha value is -1.73. The normalized spacial score (nSPS) is 21.8. The smallest absolute Gasteiger partial charge is 0.223 e. The van der Waals surface area contributed by atoms with Crippen molar-refractivity contribution < 1.29 is 4.79 Å². The van der Waals surface area contributed by atoms with Gasteiger partial charge in [0.15, 0.2) is 0 Å². The zero-order valence-electron chi connectivity index (χ0n) is 14.8. The topological polar surface area (TPSA) is 70.2 Å². The minimum atomic E-state index is 0.125. The molecule has 0 radical (unpaired) electrons. The number of aryl methyl sites for hydroxylation is 2. The average molecular weight is 359 g/mol. The van der Waals surface area contributed by atoms with Crippen LogP contribution in [-0.2, 0) is 4.79 Å². The minimum absolute atomic E-state index is 0.125. The molecule has 7 heteroatoms. The molecule has 25 heavy (non-hydrogen) atoms. The molecule has 2 aliphatic rings. The highest BCUT2D eigenvalue weighted by molar-refractivity contribution is 7.18. The summed E-state index contributed by atoms with van der Waals surface area (Å²) >= 11 is 1.73. The third kappa shape index (κ3) is 3.22. The number of carbonyl (C=O) groups excluding carboxylic acids is 1. The van der Waals surface area contributed by atoms with Gasteiger partial charge in [0.05, 0.1) is 5.39 Å². The van der Waals surface area contributed by atoms with E-state index in [9.17, 15) is 4.79 Å². The van der Waals surface area contributed by atoms with Gasteiger partial charge in [-0.1, -0.05) is 0 Å². The van der Waals surface area contributed by atoms with E-state index in [2.05, 4.69) is 39.3 Å². The Morgan fingerprint density at radius 2 is 2.08 bits per heavy atom. The van der Waals surface area contributed by atoms with Gasteiger partial charge in [0.2, 0.25) is 5.91 Å². The second-order valence-corrected chi connectivity index (χ2v) is 8.32. The van der Waals surface area contributed by atoms with Gasteiger partial charge in [-0.05, 0) is 45.2 Å². The number of amides is 1. The molecule has 2 N–H and O–H groups in total. The predicted octanol–water partition coefficient (Wildman–Crippen LogP) is 2.00. The molecule has 0 spiro atoms. The van der Waals surface area contributed by atoms with Gasteiger partial charge in [-0.25, -0.2) is 9.97 Å². The van der Waals surface area contributed by atoms with Crippen molar-refractivity contribution in [3.05, 3.63) is 16.8 Å². The molecule has 1 atom stereocenters. The number of carbonyl (C=O) groups is 1. The van der Waals surface area contributed by atoms with Crippen molar-refractivity contribution in [1.29, 1.82) is 0 Å². The van der Waals surface area contributed by atoms with E-state index >= 15 is 0 Å². The van der Waals surface area contributed by atoms with Gasteiger partial charge in [-0.3, -0.25) is 4.79 Å². The van der Waals surface area contributed by atoms with E-state index in [4.69, 9.17) is 0 Å². The number of hydrogen-bond acceptors (Lipinski definition) is 6. The molecule has 2 aliphatic heterocycles. The Morgan fingerprint density at radius 1 is 1.28 bits per heavy atom. The molecular formula is C18H25N5OS. The number of piperidine rings is 1. The lowest BCUT2D eigenvalue weighted by atomic mass is 9.95.